The van der Waals surface area contributed by atoms with E-state index in [1.54, 1.807) is 7.11 Å². The molecule has 1 aliphatic rings. The van der Waals surface area contributed by atoms with Crippen LogP contribution in [0.4, 0.5) is 11.4 Å². The smallest absolute Gasteiger partial charge is 0.273 e. The number of carbonyl (C=O) groups is 3. The molecule has 3 aromatic carbocycles. The Balaban J connectivity index is 1.49. The van der Waals surface area contributed by atoms with Crippen LogP contribution in [0.5, 0.6) is 11.5 Å². The van der Waals surface area contributed by atoms with Gasteiger partial charge in [0.1, 0.15) is 11.5 Å². The van der Waals surface area contributed by atoms with Gasteiger partial charge in [0, 0.05) is 18.2 Å². The lowest BCUT2D eigenvalue weighted by atomic mass is 10.1. The number of benzene rings is 3. The zero-order valence-electron chi connectivity index (χ0n) is 18.9. The highest BCUT2D eigenvalue weighted by molar-refractivity contribution is 6.22. The van der Waals surface area contributed by atoms with Gasteiger partial charge in [0.2, 0.25) is 0 Å². The number of nitro benzene ring substituents is 1. The van der Waals surface area contributed by atoms with Crippen molar-refractivity contribution in [2.45, 2.75) is 6.42 Å². The zero-order valence-corrected chi connectivity index (χ0v) is 18.9. The Labute approximate surface area is 200 Å². The quantitative estimate of drug-likeness (QED) is 0.299. The maximum absolute atomic E-state index is 12.9. The monoisotopic (exact) mass is 475 g/mol. The first-order valence-corrected chi connectivity index (χ1v) is 10.6. The number of nitro groups is 1. The molecule has 1 aliphatic heterocycles. The minimum atomic E-state index is -0.572. The second-order valence-corrected chi connectivity index (χ2v) is 7.72. The molecule has 0 aliphatic carbocycles. The van der Waals surface area contributed by atoms with Gasteiger partial charge in [-0.1, -0.05) is 12.1 Å². The molecule has 0 fully saturated rings. The van der Waals surface area contributed by atoms with Crippen molar-refractivity contribution in [1.82, 2.24) is 4.90 Å². The van der Waals surface area contributed by atoms with Crippen molar-refractivity contribution in [2.75, 3.05) is 26.1 Å². The van der Waals surface area contributed by atoms with Crippen molar-refractivity contribution in [3.63, 3.8) is 0 Å². The number of rotatable bonds is 8. The number of hydrogen-bond donors (Lipinski definition) is 1. The SMILES string of the molecule is COc1ccc(CCN2C(=O)c3ccc(C(=O)Nc4ccc([N+](=O)[O-])cc4OC)cc3C2=O)cc1. The molecule has 4 rings (SSSR count). The lowest BCUT2D eigenvalue weighted by molar-refractivity contribution is -0.384. The second-order valence-electron chi connectivity index (χ2n) is 7.72. The number of ether oxygens (including phenoxy) is 2. The van der Waals surface area contributed by atoms with Crippen LogP contribution in [0.1, 0.15) is 36.6 Å². The van der Waals surface area contributed by atoms with Gasteiger partial charge in [0.25, 0.3) is 23.4 Å². The lowest BCUT2D eigenvalue weighted by Crippen LogP contribution is -2.31. The van der Waals surface area contributed by atoms with E-state index >= 15 is 0 Å². The number of nitrogens with one attached hydrogen (secondary N) is 1. The summed E-state index contributed by atoms with van der Waals surface area (Å²) >= 11 is 0. The Hall–Kier alpha value is -4.73. The molecule has 1 N–H and O–H groups in total. The van der Waals surface area contributed by atoms with E-state index in [1.165, 1.54) is 43.5 Å². The van der Waals surface area contributed by atoms with Crippen molar-refractivity contribution in [1.29, 1.82) is 0 Å². The molecule has 0 aromatic heterocycles. The molecule has 0 saturated carbocycles. The third-order valence-corrected chi connectivity index (χ3v) is 5.66. The van der Waals surface area contributed by atoms with Crippen LogP contribution in [-0.4, -0.2) is 48.3 Å². The third kappa shape index (κ3) is 4.67. The fourth-order valence-corrected chi connectivity index (χ4v) is 3.76. The second kappa shape index (κ2) is 9.64. The molecule has 10 heteroatoms. The van der Waals surface area contributed by atoms with Gasteiger partial charge in [-0.2, -0.15) is 0 Å². The maximum Gasteiger partial charge on any atom is 0.273 e. The topological polar surface area (TPSA) is 128 Å². The van der Waals surface area contributed by atoms with Gasteiger partial charge in [-0.15, -0.1) is 0 Å². The number of non-ortho nitro benzene ring substituents is 1. The molecular weight excluding hydrogens is 454 g/mol. The Kier molecular flexibility index (Phi) is 6.45. The predicted molar refractivity (Wildman–Crippen MR) is 126 cm³/mol. The summed E-state index contributed by atoms with van der Waals surface area (Å²) in [4.78, 5) is 50.1. The van der Waals surface area contributed by atoms with Crippen LogP contribution in [0.15, 0.2) is 60.7 Å². The number of imide groups is 1. The summed E-state index contributed by atoms with van der Waals surface area (Å²) in [6, 6.07) is 15.4. The van der Waals surface area contributed by atoms with Crippen LogP contribution < -0.4 is 14.8 Å². The Morgan fingerprint density at radius 2 is 1.66 bits per heavy atom. The average Bonchev–Trinajstić information content (AvgIpc) is 3.11. The van der Waals surface area contributed by atoms with Crippen molar-refractivity contribution in [3.05, 3.63) is 93.0 Å². The van der Waals surface area contributed by atoms with Crippen LogP contribution in [0.2, 0.25) is 0 Å². The summed E-state index contributed by atoms with van der Waals surface area (Å²) in [6.07, 6.45) is 0.475. The Bertz CT molecular complexity index is 1340. The van der Waals surface area contributed by atoms with Gasteiger partial charge in [0.05, 0.1) is 42.0 Å². The van der Waals surface area contributed by atoms with E-state index in [9.17, 15) is 24.5 Å². The molecule has 178 valence electrons. The Morgan fingerprint density at radius 3 is 2.31 bits per heavy atom. The lowest BCUT2D eigenvalue weighted by Gasteiger charge is -2.13. The molecule has 35 heavy (non-hydrogen) atoms. The van der Waals surface area contributed by atoms with E-state index in [0.717, 1.165) is 10.5 Å². The largest absolute Gasteiger partial charge is 0.497 e. The van der Waals surface area contributed by atoms with E-state index < -0.39 is 22.6 Å². The number of methoxy groups -OCH3 is 2. The number of anilines is 1. The highest BCUT2D eigenvalue weighted by Gasteiger charge is 2.35. The highest BCUT2D eigenvalue weighted by atomic mass is 16.6. The molecule has 10 nitrogen and oxygen atoms in total. The first kappa shape index (κ1) is 23.4. The van der Waals surface area contributed by atoms with Gasteiger partial charge in [-0.3, -0.25) is 29.4 Å². The fourth-order valence-electron chi connectivity index (χ4n) is 3.76. The third-order valence-electron chi connectivity index (χ3n) is 5.66. The van der Waals surface area contributed by atoms with Crippen LogP contribution in [0, 0.1) is 10.1 Å². The Morgan fingerprint density at radius 1 is 0.943 bits per heavy atom. The summed E-state index contributed by atoms with van der Waals surface area (Å²) in [7, 11) is 2.90. The van der Waals surface area contributed by atoms with Crippen LogP contribution >= 0.6 is 0 Å². The minimum absolute atomic E-state index is 0.115. The molecule has 0 bridgehead atoms. The number of fused-ring (bicyclic) bond motifs is 1. The fraction of sp³-hybridized carbons (Fsp3) is 0.160. The van der Waals surface area contributed by atoms with Crippen molar-refractivity contribution in [3.8, 4) is 11.5 Å². The number of hydrogen-bond acceptors (Lipinski definition) is 7. The number of amides is 3. The zero-order chi connectivity index (χ0) is 25.1. The maximum atomic E-state index is 12.9. The first-order chi connectivity index (χ1) is 16.8. The van der Waals surface area contributed by atoms with E-state index in [1.807, 2.05) is 24.3 Å². The molecule has 3 amide bonds. The number of nitrogens with zero attached hydrogens (tertiary/aromatic N) is 2. The van der Waals surface area contributed by atoms with Crippen molar-refractivity contribution >= 4 is 29.1 Å². The van der Waals surface area contributed by atoms with E-state index in [4.69, 9.17) is 9.47 Å². The highest BCUT2D eigenvalue weighted by Crippen LogP contribution is 2.30. The molecule has 0 saturated heterocycles. The van der Waals surface area contributed by atoms with Crippen LogP contribution in [0.3, 0.4) is 0 Å². The molecule has 0 atom stereocenters. The normalized spacial score (nSPS) is 12.3. The summed E-state index contributed by atoms with van der Waals surface area (Å²) in [5, 5.41) is 13.6. The standard InChI is InChI=1S/C25H21N3O7/c1-34-18-7-3-15(4-8-18)11-12-27-24(30)19-9-5-16(13-20(19)25(27)31)23(29)26-21-10-6-17(28(32)33)14-22(21)35-2/h3-10,13-14H,11-12H2,1-2H3,(H,26,29). The summed E-state index contributed by atoms with van der Waals surface area (Å²) < 4.78 is 10.3. The number of carbonyl (C=O) groups excluding carboxylic acids is 3. The van der Waals surface area contributed by atoms with Crippen molar-refractivity contribution < 1.29 is 28.8 Å². The summed E-state index contributed by atoms with van der Waals surface area (Å²) in [5.74, 6) is -0.614. The average molecular weight is 475 g/mol. The summed E-state index contributed by atoms with van der Waals surface area (Å²) in [5.41, 5.74) is 1.52. The summed E-state index contributed by atoms with van der Waals surface area (Å²) in [6.45, 7) is 0.195. The van der Waals surface area contributed by atoms with Crippen LogP contribution in [0.25, 0.3) is 0 Å². The first-order valence-electron chi connectivity index (χ1n) is 10.6. The molecule has 0 radical (unpaired) electrons. The van der Waals surface area contributed by atoms with Gasteiger partial charge >= 0.3 is 0 Å². The molecule has 3 aromatic rings. The van der Waals surface area contributed by atoms with Crippen LogP contribution in [-0.2, 0) is 6.42 Å². The van der Waals surface area contributed by atoms with E-state index in [2.05, 4.69) is 5.32 Å². The van der Waals surface area contributed by atoms with Gasteiger partial charge in [0.15, 0.2) is 0 Å². The van der Waals surface area contributed by atoms with E-state index in [0.29, 0.717) is 12.2 Å². The van der Waals surface area contributed by atoms with E-state index in [-0.39, 0.29) is 40.4 Å². The minimum Gasteiger partial charge on any atom is -0.497 e. The molecule has 0 spiro atoms. The predicted octanol–water partition coefficient (Wildman–Crippen LogP) is 3.70. The van der Waals surface area contributed by atoms with Gasteiger partial charge in [-0.25, -0.2) is 0 Å². The molecular formula is C25H21N3O7. The molecule has 1 heterocycles. The molecule has 0 unspecified atom stereocenters. The van der Waals surface area contributed by atoms with Gasteiger partial charge in [-0.05, 0) is 48.4 Å². The van der Waals surface area contributed by atoms with Gasteiger partial charge < -0.3 is 14.8 Å². The van der Waals surface area contributed by atoms with Crippen molar-refractivity contribution in [2.24, 2.45) is 0 Å².